The fourth-order valence-electron chi connectivity index (χ4n) is 1.82. The van der Waals surface area contributed by atoms with Crippen molar-refractivity contribution in [3.8, 4) is 11.5 Å². The smallest absolute Gasteiger partial charge is 0.259 e. The first-order chi connectivity index (χ1) is 7.87. The summed E-state index contributed by atoms with van der Waals surface area (Å²) < 4.78 is 0. The van der Waals surface area contributed by atoms with Gasteiger partial charge in [-0.2, -0.15) is 0 Å². The third kappa shape index (κ3) is 3.37. The number of rotatable bonds is 4. The highest BCUT2D eigenvalue weighted by Gasteiger charge is 2.23. The summed E-state index contributed by atoms with van der Waals surface area (Å²) in [4.78, 5) is 11.9. The maximum absolute atomic E-state index is 11.9. The van der Waals surface area contributed by atoms with E-state index in [1.807, 2.05) is 20.8 Å². The zero-order chi connectivity index (χ0) is 13.1. The fraction of sp³-hybridized carbons (Fsp3) is 0.462. The molecular formula is C13H19NO3. The van der Waals surface area contributed by atoms with E-state index in [1.54, 1.807) is 0 Å². The Kier molecular flexibility index (Phi) is 3.99. The summed E-state index contributed by atoms with van der Waals surface area (Å²) in [5.74, 6) is -0.886. The molecule has 0 radical (unpaired) electrons. The highest BCUT2D eigenvalue weighted by molar-refractivity contribution is 5.99. The Morgan fingerprint density at radius 1 is 1.29 bits per heavy atom. The lowest BCUT2D eigenvalue weighted by Crippen LogP contribution is -2.43. The van der Waals surface area contributed by atoms with Gasteiger partial charge in [0, 0.05) is 5.54 Å². The van der Waals surface area contributed by atoms with Crippen molar-refractivity contribution >= 4 is 5.91 Å². The van der Waals surface area contributed by atoms with Crippen LogP contribution in [-0.4, -0.2) is 21.7 Å². The second-order valence-corrected chi connectivity index (χ2v) is 4.76. The zero-order valence-electron chi connectivity index (χ0n) is 10.4. The van der Waals surface area contributed by atoms with Gasteiger partial charge < -0.3 is 15.5 Å². The van der Waals surface area contributed by atoms with Crippen LogP contribution >= 0.6 is 0 Å². The summed E-state index contributed by atoms with van der Waals surface area (Å²) >= 11 is 0. The first-order valence-electron chi connectivity index (χ1n) is 5.71. The minimum absolute atomic E-state index is 0.0725. The molecule has 0 fully saturated rings. The summed E-state index contributed by atoms with van der Waals surface area (Å²) in [7, 11) is 0. The summed E-state index contributed by atoms with van der Waals surface area (Å²) in [6.45, 7) is 5.85. The maximum atomic E-state index is 11.9. The molecule has 0 atom stereocenters. The van der Waals surface area contributed by atoms with E-state index in [1.165, 1.54) is 18.2 Å². The number of hydrogen-bond donors (Lipinski definition) is 3. The summed E-state index contributed by atoms with van der Waals surface area (Å²) in [5, 5.41) is 21.9. The Morgan fingerprint density at radius 2 is 1.82 bits per heavy atom. The van der Waals surface area contributed by atoms with E-state index in [0.29, 0.717) is 0 Å². The Morgan fingerprint density at radius 3 is 2.29 bits per heavy atom. The second kappa shape index (κ2) is 5.08. The molecule has 0 saturated heterocycles. The van der Waals surface area contributed by atoms with Crippen molar-refractivity contribution in [2.24, 2.45) is 0 Å². The van der Waals surface area contributed by atoms with Crippen LogP contribution < -0.4 is 5.32 Å². The molecule has 94 valence electrons. The van der Waals surface area contributed by atoms with E-state index in [2.05, 4.69) is 5.32 Å². The second-order valence-electron chi connectivity index (χ2n) is 4.76. The Labute approximate surface area is 101 Å². The number of carbonyl (C=O) groups excluding carboxylic acids is 1. The van der Waals surface area contributed by atoms with Crippen LogP contribution in [0.2, 0.25) is 0 Å². The molecule has 0 heterocycles. The number of phenols is 2. The minimum Gasteiger partial charge on any atom is -0.507 e. The number of nitrogens with one attached hydrogen (secondary N) is 1. The first-order valence-corrected chi connectivity index (χ1v) is 5.71. The Hall–Kier alpha value is -1.71. The molecule has 4 heteroatoms. The van der Waals surface area contributed by atoms with Crippen LogP contribution in [0.1, 0.15) is 44.0 Å². The van der Waals surface area contributed by atoms with Gasteiger partial charge in [-0.25, -0.2) is 0 Å². The van der Waals surface area contributed by atoms with E-state index >= 15 is 0 Å². The average molecular weight is 237 g/mol. The van der Waals surface area contributed by atoms with E-state index < -0.39 is 5.91 Å². The topological polar surface area (TPSA) is 69.6 Å². The highest BCUT2D eigenvalue weighted by Crippen LogP contribution is 2.26. The molecule has 0 aliphatic carbocycles. The molecule has 0 bridgehead atoms. The summed E-state index contributed by atoms with van der Waals surface area (Å²) in [5.41, 5.74) is -0.433. The van der Waals surface area contributed by atoms with E-state index in [9.17, 15) is 15.0 Å². The van der Waals surface area contributed by atoms with Gasteiger partial charge in [-0.05, 0) is 32.4 Å². The quantitative estimate of drug-likeness (QED) is 0.753. The van der Waals surface area contributed by atoms with Crippen molar-refractivity contribution in [3.05, 3.63) is 23.8 Å². The standard InChI is InChI=1S/C13H19NO3/c1-4-8-13(2,3)14-12(17)11-9(15)6-5-7-10(11)16/h5-7,15-16H,4,8H2,1-3H3,(H,14,17). The molecule has 0 aliphatic rings. The van der Waals surface area contributed by atoms with Crippen molar-refractivity contribution in [2.45, 2.75) is 39.2 Å². The molecule has 1 rings (SSSR count). The van der Waals surface area contributed by atoms with Crippen molar-refractivity contribution in [1.29, 1.82) is 0 Å². The van der Waals surface area contributed by atoms with Crippen LogP contribution in [0.15, 0.2) is 18.2 Å². The fourth-order valence-corrected chi connectivity index (χ4v) is 1.82. The molecule has 1 amide bonds. The van der Waals surface area contributed by atoms with Gasteiger partial charge in [0.05, 0.1) is 0 Å². The third-order valence-corrected chi connectivity index (χ3v) is 2.57. The van der Waals surface area contributed by atoms with Crippen LogP contribution in [0.4, 0.5) is 0 Å². The molecule has 0 unspecified atom stereocenters. The molecular weight excluding hydrogens is 218 g/mol. The predicted molar refractivity (Wildman–Crippen MR) is 66.2 cm³/mol. The van der Waals surface area contributed by atoms with Crippen molar-refractivity contribution in [3.63, 3.8) is 0 Å². The Balaban J connectivity index is 2.91. The van der Waals surface area contributed by atoms with E-state index in [-0.39, 0.29) is 22.6 Å². The van der Waals surface area contributed by atoms with Gasteiger partial charge in [0.1, 0.15) is 17.1 Å². The van der Waals surface area contributed by atoms with Crippen LogP contribution in [0.25, 0.3) is 0 Å². The number of hydrogen-bond acceptors (Lipinski definition) is 3. The number of aromatic hydroxyl groups is 2. The van der Waals surface area contributed by atoms with E-state index in [4.69, 9.17) is 0 Å². The molecule has 3 N–H and O–H groups in total. The molecule has 0 spiro atoms. The van der Waals surface area contributed by atoms with Crippen LogP contribution in [-0.2, 0) is 0 Å². The number of amides is 1. The van der Waals surface area contributed by atoms with Gasteiger partial charge in [0.2, 0.25) is 0 Å². The van der Waals surface area contributed by atoms with Crippen LogP contribution in [0, 0.1) is 0 Å². The zero-order valence-corrected chi connectivity index (χ0v) is 10.4. The lowest BCUT2D eigenvalue weighted by molar-refractivity contribution is 0.0903. The molecule has 0 saturated carbocycles. The largest absolute Gasteiger partial charge is 0.507 e. The molecule has 4 nitrogen and oxygen atoms in total. The maximum Gasteiger partial charge on any atom is 0.259 e. The summed E-state index contributed by atoms with van der Waals surface area (Å²) in [6.07, 6.45) is 1.77. The van der Waals surface area contributed by atoms with Gasteiger partial charge in [-0.3, -0.25) is 4.79 Å². The third-order valence-electron chi connectivity index (χ3n) is 2.57. The lowest BCUT2D eigenvalue weighted by atomic mass is 9.98. The van der Waals surface area contributed by atoms with Gasteiger partial charge in [-0.1, -0.05) is 19.4 Å². The molecule has 1 aromatic rings. The minimum atomic E-state index is -0.459. The Bertz CT molecular complexity index is 393. The highest BCUT2D eigenvalue weighted by atomic mass is 16.3. The normalized spacial score (nSPS) is 11.2. The molecule has 1 aromatic carbocycles. The lowest BCUT2D eigenvalue weighted by Gasteiger charge is -2.26. The molecule has 17 heavy (non-hydrogen) atoms. The van der Waals surface area contributed by atoms with Gasteiger partial charge in [0.25, 0.3) is 5.91 Å². The van der Waals surface area contributed by atoms with Gasteiger partial charge in [0.15, 0.2) is 0 Å². The average Bonchev–Trinajstić information content (AvgIpc) is 2.15. The molecule has 0 aliphatic heterocycles. The van der Waals surface area contributed by atoms with Crippen molar-refractivity contribution in [1.82, 2.24) is 5.32 Å². The monoisotopic (exact) mass is 237 g/mol. The number of phenolic OH excluding ortho intramolecular Hbond substituents is 2. The number of carbonyl (C=O) groups is 1. The van der Waals surface area contributed by atoms with Gasteiger partial charge >= 0.3 is 0 Å². The SMILES string of the molecule is CCCC(C)(C)NC(=O)c1c(O)cccc1O. The van der Waals surface area contributed by atoms with Crippen LogP contribution in [0.3, 0.4) is 0 Å². The number of benzene rings is 1. The predicted octanol–water partition coefficient (Wildman–Crippen LogP) is 2.41. The first kappa shape index (κ1) is 13.4. The van der Waals surface area contributed by atoms with Crippen LogP contribution in [0.5, 0.6) is 11.5 Å². The van der Waals surface area contributed by atoms with E-state index in [0.717, 1.165) is 12.8 Å². The van der Waals surface area contributed by atoms with Crippen molar-refractivity contribution < 1.29 is 15.0 Å². The molecule has 0 aromatic heterocycles. The summed E-state index contributed by atoms with van der Waals surface area (Å²) in [6, 6.07) is 4.24. The van der Waals surface area contributed by atoms with Crippen molar-refractivity contribution in [2.75, 3.05) is 0 Å². The van der Waals surface area contributed by atoms with Gasteiger partial charge in [-0.15, -0.1) is 0 Å².